The molecule has 160 valence electrons. The Morgan fingerprint density at radius 2 is 1.67 bits per heavy atom. The van der Waals surface area contributed by atoms with E-state index in [2.05, 4.69) is 16.2 Å². The van der Waals surface area contributed by atoms with Crippen LogP contribution in [0.5, 0.6) is 5.75 Å². The van der Waals surface area contributed by atoms with Gasteiger partial charge in [-0.2, -0.15) is 0 Å². The highest BCUT2D eigenvalue weighted by atomic mass is 16.5. The molecule has 7 heteroatoms. The van der Waals surface area contributed by atoms with Gasteiger partial charge in [-0.1, -0.05) is 32.0 Å². The molecular weight excluding hydrogens is 382 g/mol. The molecule has 0 aliphatic rings. The van der Waals surface area contributed by atoms with Gasteiger partial charge in [-0.3, -0.25) is 25.2 Å². The minimum absolute atomic E-state index is 0.00755. The fourth-order valence-electron chi connectivity index (χ4n) is 2.56. The van der Waals surface area contributed by atoms with E-state index in [1.807, 2.05) is 45.9 Å². The van der Waals surface area contributed by atoms with E-state index in [4.69, 9.17) is 4.74 Å². The number of ether oxygens (including phenoxy) is 1. The molecule has 0 atom stereocenters. The summed E-state index contributed by atoms with van der Waals surface area (Å²) in [7, 11) is 0. The van der Waals surface area contributed by atoms with E-state index in [0.717, 1.165) is 16.8 Å². The van der Waals surface area contributed by atoms with E-state index in [9.17, 15) is 14.4 Å². The molecule has 2 aromatic rings. The maximum atomic E-state index is 12.2. The Bertz CT molecular complexity index is 909. The van der Waals surface area contributed by atoms with Crippen LogP contribution in [0.2, 0.25) is 0 Å². The van der Waals surface area contributed by atoms with Gasteiger partial charge in [-0.25, -0.2) is 0 Å². The molecule has 2 aromatic carbocycles. The molecule has 0 aromatic heterocycles. The molecule has 2 rings (SSSR count). The van der Waals surface area contributed by atoms with Gasteiger partial charge in [-0.15, -0.1) is 0 Å². The number of benzene rings is 2. The second kappa shape index (κ2) is 11.0. The van der Waals surface area contributed by atoms with Crippen LogP contribution in [0, 0.1) is 19.8 Å². The van der Waals surface area contributed by atoms with Crippen molar-refractivity contribution in [2.24, 2.45) is 5.92 Å². The number of carbonyl (C=O) groups is 3. The molecule has 3 N–H and O–H groups in total. The van der Waals surface area contributed by atoms with E-state index in [1.165, 1.54) is 0 Å². The second-order valence-electron chi connectivity index (χ2n) is 7.60. The smallest absolute Gasteiger partial charge is 0.269 e. The molecule has 30 heavy (non-hydrogen) atoms. The Hall–Kier alpha value is -3.35. The highest BCUT2D eigenvalue weighted by Crippen LogP contribution is 2.17. The number of aryl methyl sites for hydroxylation is 2. The van der Waals surface area contributed by atoms with E-state index >= 15 is 0 Å². The maximum Gasteiger partial charge on any atom is 0.269 e. The second-order valence-corrected chi connectivity index (χ2v) is 7.60. The molecular formula is C23H29N3O4. The van der Waals surface area contributed by atoms with Crippen LogP contribution >= 0.6 is 0 Å². The first-order chi connectivity index (χ1) is 14.2. The normalized spacial score (nSPS) is 10.4. The molecule has 0 aliphatic heterocycles. The molecule has 0 saturated carbocycles. The van der Waals surface area contributed by atoms with Crippen LogP contribution < -0.4 is 20.9 Å². The van der Waals surface area contributed by atoms with Crippen LogP contribution in [0.15, 0.2) is 42.5 Å². The van der Waals surface area contributed by atoms with Crippen LogP contribution in [-0.2, 0) is 9.59 Å². The Morgan fingerprint density at radius 3 is 2.40 bits per heavy atom. The molecule has 0 aliphatic carbocycles. The van der Waals surface area contributed by atoms with Gasteiger partial charge >= 0.3 is 0 Å². The first-order valence-electron chi connectivity index (χ1n) is 9.93. The largest absolute Gasteiger partial charge is 0.493 e. The molecule has 7 nitrogen and oxygen atoms in total. The predicted molar refractivity (Wildman–Crippen MR) is 116 cm³/mol. The monoisotopic (exact) mass is 411 g/mol. The van der Waals surface area contributed by atoms with Crippen LogP contribution in [0.1, 0.15) is 48.2 Å². The summed E-state index contributed by atoms with van der Waals surface area (Å²) in [5, 5.41) is 2.80. The van der Waals surface area contributed by atoms with Crippen molar-refractivity contribution in [1.82, 2.24) is 10.9 Å². The van der Waals surface area contributed by atoms with Crippen molar-refractivity contribution in [2.75, 3.05) is 11.9 Å². The number of anilines is 1. The van der Waals surface area contributed by atoms with Crippen molar-refractivity contribution in [3.63, 3.8) is 0 Å². The molecule has 3 amide bonds. The summed E-state index contributed by atoms with van der Waals surface area (Å²) in [5.74, 6) is -0.218. The number of carbonyl (C=O) groups excluding carboxylic acids is 3. The van der Waals surface area contributed by atoms with Gasteiger partial charge in [0.1, 0.15) is 5.75 Å². The molecule has 0 bridgehead atoms. The molecule has 0 radical (unpaired) electrons. The third-order valence-electron chi connectivity index (χ3n) is 4.24. The number of hydrazine groups is 1. The summed E-state index contributed by atoms with van der Waals surface area (Å²) < 4.78 is 5.60. The fraction of sp³-hybridized carbons (Fsp3) is 0.348. The number of nitrogens with one attached hydrogen (secondary N) is 3. The Labute approximate surface area is 177 Å². The summed E-state index contributed by atoms with van der Waals surface area (Å²) in [6.45, 7) is 8.46. The average molecular weight is 412 g/mol. The van der Waals surface area contributed by atoms with Crippen molar-refractivity contribution >= 4 is 23.4 Å². The van der Waals surface area contributed by atoms with E-state index in [0.29, 0.717) is 23.8 Å². The summed E-state index contributed by atoms with van der Waals surface area (Å²) in [5.41, 5.74) is 7.77. The van der Waals surface area contributed by atoms with E-state index in [-0.39, 0.29) is 18.7 Å². The topological polar surface area (TPSA) is 96.5 Å². The lowest BCUT2D eigenvalue weighted by Gasteiger charge is -2.11. The Kier molecular flexibility index (Phi) is 8.41. The number of hydrogen-bond donors (Lipinski definition) is 3. The van der Waals surface area contributed by atoms with Gasteiger partial charge in [-0.05, 0) is 55.2 Å². The molecule has 0 spiro atoms. The highest BCUT2D eigenvalue weighted by Gasteiger charge is 2.11. The lowest BCUT2D eigenvalue weighted by Crippen LogP contribution is -2.41. The lowest BCUT2D eigenvalue weighted by atomic mass is 10.1. The van der Waals surface area contributed by atoms with Gasteiger partial charge in [0.15, 0.2) is 0 Å². The number of hydrogen-bond acceptors (Lipinski definition) is 4. The number of amides is 3. The average Bonchev–Trinajstić information content (AvgIpc) is 2.71. The minimum atomic E-state index is -0.460. The van der Waals surface area contributed by atoms with Gasteiger partial charge < -0.3 is 10.1 Å². The van der Waals surface area contributed by atoms with Crippen LogP contribution in [0.4, 0.5) is 5.69 Å². The van der Waals surface area contributed by atoms with Gasteiger partial charge in [0.05, 0.1) is 6.61 Å². The van der Waals surface area contributed by atoms with Crippen molar-refractivity contribution < 1.29 is 19.1 Å². The zero-order valence-corrected chi connectivity index (χ0v) is 17.9. The Balaban J connectivity index is 1.77. The first kappa shape index (κ1) is 22.9. The highest BCUT2D eigenvalue weighted by molar-refractivity contribution is 5.97. The quantitative estimate of drug-likeness (QED) is 0.579. The summed E-state index contributed by atoms with van der Waals surface area (Å²) in [6, 6.07) is 12.5. The lowest BCUT2D eigenvalue weighted by molar-refractivity contribution is -0.124. The van der Waals surface area contributed by atoms with Crippen molar-refractivity contribution in [3.05, 3.63) is 59.2 Å². The van der Waals surface area contributed by atoms with Crippen LogP contribution in [0.3, 0.4) is 0 Å². The first-order valence-corrected chi connectivity index (χ1v) is 9.93. The zero-order valence-electron chi connectivity index (χ0n) is 17.9. The summed E-state index contributed by atoms with van der Waals surface area (Å²) in [4.78, 5) is 36.3. The summed E-state index contributed by atoms with van der Waals surface area (Å²) >= 11 is 0. The molecule has 0 heterocycles. The van der Waals surface area contributed by atoms with Gasteiger partial charge in [0, 0.05) is 24.1 Å². The van der Waals surface area contributed by atoms with Gasteiger partial charge in [0.2, 0.25) is 11.8 Å². The minimum Gasteiger partial charge on any atom is -0.493 e. The molecule has 0 unspecified atom stereocenters. The van der Waals surface area contributed by atoms with E-state index in [1.54, 1.807) is 24.3 Å². The summed E-state index contributed by atoms with van der Waals surface area (Å²) in [6.07, 6.45) is -0.0396. The van der Waals surface area contributed by atoms with Crippen LogP contribution in [-0.4, -0.2) is 24.3 Å². The van der Waals surface area contributed by atoms with Crippen molar-refractivity contribution in [3.8, 4) is 5.75 Å². The Morgan fingerprint density at radius 1 is 0.933 bits per heavy atom. The standard InChI is InChI=1S/C23H29N3O4/c1-15(2)14-30-19-7-5-6-18(13-19)23(29)26-25-22(28)11-10-21(27)24-20-12-16(3)8-9-17(20)4/h5-9,12-13,15H,10-11,14H2,1-4H3,(H,24,27)(H,25,28)(H,26,29). The van der Waals surface area contributed by atoms with Crippen LogP contribution in [0.25, 0.3) is 0 Å². The SMILES string of the molecule is Cc1ccc(C)c(NC(=O)CCC(=O)NNC(=O)c2cccc(OCC(C)C)c2)c1. The van der Waals surface area contributed by atoms with Crippen molar-refractivity contribution in [2.45, 2.75) is 40.5 Å². The number of rotatable bonds is 8. The van der Waals surface area contributed by atoms with E-state index < -0.39 is 11.8 Å². The predicted octanol–water partition coefficient (Wildman–Crippen LogP) is 3.52. The third-order valence-corrected chi connectivity index (χ3v) is 4.24. The fourth-order valence-corrected chi connectivity index (χ4v) is 2.56. The zero-order chi connectivity index (χ0) is 22.1. The van der Waals surface area contributed by atoms with Crippen molar-refractivity contribution in [1.29, 1.82) is 0 Å². The third kappa shape index (κ3) is 7.58. The van der Waals surface area contributed by atoms with Gasteiger partial charge in [0.25, 0.3) is 5.91 Å². The molecule has 0 fully saturated rings. The maximum absolute atomic E-state index is 12.2. The molecule has 0 saturated heterocycles.